The topological polar surface area (TPSA) is 123 Å². The highest BCUT2D eigenvalue weighted by Crippen LogP contribution is 2.47. The summed E-state index contributed by atoms with van der Waals surface area (Å²) >= 11 is 0. The molecule has 0 bridgehead atoms. The van der Waals surface area contributed by atoms with Crippen LogP contribution in [0.4, 0.5) is 5.82 Å². The van der Waals surface area contributed by atoms with Gasteiger partial charge in [-0.15, -0.1) is 0 Å². The number of aromatic nitrogens is 3. The van der Waals surface area contributed by atoms with E-state index in [2.05, 4.69) is 26.5 Å². The van der Waals surface area contributed by atoms with Crippen molar-refractivity contribution in [2.24, 2.45) is 5.92 Å². The second-order valence-corrected chi connectivity index (χ2v) is 8.30. The summed E-state index contributed by atoms with van der Waals surface area (Å²) in [6, 6.07) is 11.4. The highest BCUT2D eigenvalue weighted by molar-refractivity contribution is 5.94. The van der Waals surface area contributed by atoms with Gasteiger partial charge in [0.2, 0.25) is 11.8 Å². The summed E-state index contributed by atoms with van der Waals surface area (Å²) in [6.07, 6.45) is 3.99. The molecule has 9 heteroatoms. The number of benzene rings is 1. The lowest BCUT2D eigenvalue weighted by molar-refractivity contribution is -0.117. The third kappa shape index (κ3) is 4.71. The molecule has 3 heterocycles. The molecule has 2 aliphatic rings. The molecular weight excluding hydrogens is 422 g/mol. The van der Waals surface area contributed by atoms with Crippen LogP contribution in [-0.4, -0.2) is 40.3 Å². The number of nitriles is 1. The van der Waals surface area contributed by atoms with Crippen LogP contribution >= 0.6 is 0 Å². The summed E-state index contributed by atoms with van der Waals surface area (Å²) in [7, 11) is 0. The standard InChI is InChI=1S/C24H23N5O4/c1-14-27-24(33-29-14)20-12-19(20)23(30)28-22-11-16(4-7-26-22)15-2-3-21(17(10-15)13-25)32-18-5-8-31-9-6-18/h2-4,7,10-11,18-20H,5-6,8-9,12H2,1H3,(H,26,28,30)/t19-,20-/m1/s1. The molecule has 2 atom stereocenters. The number of rotatable bonds is 6. The van der Waals surface area contributed by atoms with Crippen molar-refractivity contribution in [3.8, 4) is 22.9 Å². The number of aryl methyl sites for hydroxylation is 1. The number of carbonyl (C=O) groups excluding carboxylic acids is 1. The van der Waals surface area contributed by atoms with Crippen molar-refractivity contribution < 1.29 is 18.8 Å². The summed E-state index contributed by atoms with van der Waals surface area (Å²) in [4.78, 5) is 21.1. The Bertz CT molecular complexity index is 1210. The van der Waals surface area contributed by atoms with Crippen molar-refractivity contribution in [2.45, 2.75) is 38.2 Å². The first-order chi connectivity index (χ1) is 16.1. The fourth-order valence-electron chi connectivity index (χ4n) is 3.99. The Morgan fingerprint density at radius 2 is 2.03 bits per heavy atom. The summed E-state index contributed by atoms with van der Waals surface area (Å²) in [5.74, 6) is 1.71. The first-order valence-electron chi connectivity index (χ1n) is 11.0. The largest absolute Gasteiger partial charge is 0.489 e. The van der Waals surface area contributed by atoms with Gasteiger partial charge in [0.25, 0.3) is 0 Å². The van der Waals surface area contributed by atoms with Gasteiger partial charge in [0.15, 0.2) is 5.82 Å². The Kier molecular flexibility index (Phi) is 5.75. The Morgan fingerprint density at radius 3 is 2.79 bits per heavy atom. The Labute approximate surface area is 190 Å². The molecular formula is C24H23N5O4. The molecule has 0 radical (unpaired) electrons. The number of pyridine rings is 1. The van der Waals surface area contributed by atoms with Gasteiger partial charge in [0.1, 0.15) is 23.7 Å². The van der Waals surface area contributed by atoms with Crippen LogP contribution in [0.2, 0.25) is 0 Å². The van der Waals surface area contributed by atoms with Gasteiger partial charge < -0.3 is 19.3 Å². The molecule has 1 aromatic carbocycles. The molecule has 5 rings (SSSR count). The van der Waals surface area contributed by atoms with E-state index in [-0.39, 0.29) is 23.8 Å². The maximum atomic E-state index is 12.6. The highest BCUT2D eigenvalue weighted by atomic mass is 16.5. The predicted molar refractivity (Wildman–Crippen MR) is 117 cm³/mol. The van der Waals surface area contributed by atoms with Crippen molar-refractivity contribution in [3.05, 3.63) is 53.8 Å². The van der Waals surface area contributed by atoms with Gasteiger partial charge in [-0.1, -0.05) is 11.2 Å². The molecule has 0 spiro atoms. The van der Waals surface area contributed by atoms with E-state index in [9.17, 15) is 10.1 Å². The van der Waals surface area contributed by atoms with E-state index in [1.54, 1.807) is 25.3 Å². The van der Waals surface area contributed by atoms with Crippen LogP contribution in [0.5, 0.6) is 5.75 Å². The van der Waals surface area contributed by atoms with Crippen LogP contribution < -0.4 is 10.1 Å². The SMILES string of the molecule is Cc1noc([C@@H]2C[C@H]2C(=O)Nc2cc(-c3ccc(OC4CCOCC4)c(C#N)c3)ccn2)n1. The molecule has 1 saturated heterocycles. The van der Waals surface area contributed by atoms with Crippen molar-refractivity contribution >= 4 is 11.7 Å². The van der Waals surface area contributed by atoms with E-state index in [0.29, 0.717) is 48.5 Å². The number of ether oxygens (including phenoxy) is 2. The average Bonchev–Trinajstić information content (AvgIpc) is 3.53. The lowest BCUT2D eigenvalue weighted by atomic mass is 10.0. The molecule has 2 fully saturated rings. The second kappa shape index (κ2) is 9.00. The first kappa shape index (κ1) is 21.1. The van der Waals surface area contributed by atoms with E-state index in [1.165, 1.54) is 0 Å². The fourth-order valence-corrected chi connectivity index (χ4v) is 3.99. The summed E-state index contributed by atoms with van der Waals surface area (Å²) in [5.41, 5.74) is 2.15. The van der Waals surface area contributed by atoms with Crippen LogP contribution in [0.1, 0.15) is 42.5 Å². The van der Waals surface area contributed by atoms with Gasteiger partial charge in [-0.05, 0) is 48.7 Å². The Balaban J connectivity index is 1.27. The normalized spacial score (nSPS) is 20.1. The van der Waals surface area contributed by atoms with Gasteiger partial charge >= 0.3 is 0 Å². The smallest absolute Gasteiger partial charge is 0.230 e. The summed E-state index contributed by atoms with van der Waals surface area (Å²) < 4.78 is 16.6. The number of hydrogen-bond donors (Lipinski definition) is 1. The van der Waals surface area contributed by atoms with Gasteiger partial charge in [0, 0.05) is 19.0 Å². The van der Waals surface area contributed by atoms with Gasteiger partial charge in [-0.2, -0.15) is 10.2 Å². The Hall–Kier alpha value is -3.77. The molecule has 168 valence electrons. The maximum Gasteiger partial charge on any atom is 0.230 e. The zero-order valence-corrected chi connectivity index (χ0v) is 18.2. The van der Waals surface area contributed by atoms with E-state index in [0.717, 1.165) is 24.0 Å². The molecule has 1 N–H and O–H groups in total. The molecule has 1 aliphatic heterocycles. The van der Waals surface area contributed by atoms with Crippen molar-refractivity contribution in [1.82, 2.24) is 15.1 Å². The fraction of sp³-hybridized carbons (Fsp3) is 0.375. The van der Waals surface area contributed by atoms with Gasteiger partial charge in [-0.3, -0.25) is 4.79 Å². The molecule has 9 nitrogen and oxygen atoms in total. The monoisotopic (exact) mass is 445 g/mol. The minimum Gasteiger partial charge on any atom is -0.489 e. The van der Waals surface area contributed by atoms with Crippen molar-refractivity contribution in [1.29, 1.82) is 5.26 Å². The number of hydrogen-bond acceptors (Lipinski definition) is 8. The minimum atomic E-state index is -0.206. The van der Waals surface area contributed by atoms with Crippen LogP contribution in [-0.2, 0) is 9.53 Å². The van der Waals surface area contributed by atoms with Crippen LogP contribution in [0.25, 0.3) is 11.1 Å². The zero-order chi connectivity index (χ0) is 22.8. The molecule has 2 aromatic heterocycles. The van der Waals surface area contributed by atoms with Gasteiger partial charge in [0.05, 0.1) is 30.6 Å². The van der Waals surface area contributed by atoms with Crippen molar-refractivity contribution in [2.75, 3.05) is 18.5 Å². The molecule has 1 saturated carbocycles. The van der Waals surface area contributed by atoms with Crippen LogP contribution in [0.15, 0.2) is 41.1 Å². The lowest BCUT2D eigenvalue weighted by Gasteiger charge is -2.23. The number of amides is 1. The molecule has 1 amide bonds. The zero-order valence-electron chi connectivity index (χ0n) is 18.2. The summed E-state index contributed by atoms with van der Waals surface area (Å²) in [6.45, 7) is 3.10. The maximum absolute atomic E-state index is 12.6. The third-order valence-electron chi connectivity index (χ3n) is 5.89. The molecule has 0 unspecified atom stereocenters. The van der Waals surface area contributed by atoms with Crippen LogP contribution in [0.3, 0.4) is 0 Å². The Morgan fingerprint density at radius 1 is 1.21 bits per heavy atom. The molecule has 33 heavy (non-hydrogen) atoms. The summed E-state index contributed by atoms with van der Waals surface area (Å²) in [5, 5.41) is 16.3. The number of nitrogens with one attached hydrogen (secondary N) is 1. The second-order valence-electron chi connectivity index (χ2n) is 8.30. The third-order valence-corrected chi connectivity index (χ3v) is 5.89. The van der Waals surface area contributed by atoms with E-state index in [1.807, 2.05) is 18.2 Å². The minimum absolute atomic E-state index is 0.0455. The lowest BCUT2D eigenvalue weighted by Crippen LogP contribution is -2.26. The molecule has 3 aromatic rings. The van der Waals surface area contributed by atoms with Crippen LogP contribution in [0, 0.1) is 24.2 Å². The number of anilines is 1. The first-order valence-corrected chi connectivity index (χ1v) is 11.0. The number of nitrogens with zero attached hydrogens (tertiary/aromatic N) is 4. The van der Waals surface area contributed by atoms with E-state index >= 15 is 0 Å². The van der Waals surface area contributed by atoms with E-state index in [4.69, 9.17) is 14.0 Å². The quantitative estimate of drug-likeness (QED) is 0.610. The highest BCUT2D eigenvalue weighted by Gasteiger charge is 2.47. The van der Waals surface area contributed by atoms with Gasteiger partial charge in [-0.25, -0.2) is 4.98 Å². The predicted octanol–water partition coefficient (Wildman–Crippen LogP) is 3.61. The van der Waals surface area contributed by atoms with E-state index < -0.39 is 0 Å². The molecule has 1 aliphatic carbocycles. The average molecular weight is 445 g/mol. The van der Waals surface area contributed by atoms with Crippen molar-refractivity contribution in [3.63, 3.8) is 0 Å². The number of carbonyl (C=O) groups is 1.